The third-order valence-electron chi connectivity index (χ3n) is 6.52. The third kappa shape index (κ3) is 3.97. The molecule has 1 N–H and O–H groups in total. The summed E-state index contributed by atoms with van der Waals surface area (Å²) >= 11 is 1.64. The molecule has 3 aromatic rings. The highest BCUT2D eigenvalue weighted by Crippen LogP contribution is 2.31. The lowest BCUT2D eigenvalue weighted by Crippen LogP contribution is -2.34. The summed E-state index contributed by atoms with van der Waals surface area (Å²) in [5, 5.41) is 4.15. The standard InChI is InChI=1S/C25H27N3O2S/c1-15(18-8-7-17-5-3-4-6-19(17)11-18)26-25(30)20-12-24(29)28(14-20)21-9-10-23-22(13-21)27-16(2)31-23/h7-11,13,15,20H,3-6,12,14H2,1-2H3,(H,26,30). The van der Waals surface area contributed by atoms with Crippen LogP contribution in [0.25, 0.3) is 10.2 Å². The number of aryl methyl sites for hydroxylation is 3. The van der Waals surface area contributed by atoms with Crippen LogP contribution in [0.5, 0.6) is 0 Å². The summed E-state index contributed by atoms with van der Waals surface area (Å²) < 4.78 is 1.11. The van der Waals surface area contributed by atoms with Gasteiger partial charge in [-0.25, -0.2) is 4.98 Å². The van der Waals surface area contributed by atoms with Crippen LogP contribution in [0.1, 0.15) is 53.9 Å². The third-order valence-corrected chi connectivity index (χ3v) is 7.47. The fraction of sp³-hybridized carbons (Fsp3) is 0.400. The number of carbonyl (C=O) groups excluding carboxylic acids is 2. The largest absolute Gasteiger partial charge is 0.349 e. The highest BCUT2D eigenvalue weighted by molar-refractivity contribution is 7.18. The second-order valence-corrected chi connectivity index (χ2v) is 9.99. The fourth-order valence-corrected chi connectivity index (χ4v) is 5.58. The van der Waals surface area contributed by atoms with Crippen molar-refractivity contribution in [2.75, 3.05) is 11.4 Å². The van der Waals surface area contributed by atoms with E-state index < -0.39 is 0 Å². The molecule has 1 aliphatic carbocycles. The van der Waals surface area contributed by atoms with E-state index in [0.29, 0.717) is 6.54 Å². The van der Waals surface area contributed by atoms with Gasteiger partial charge in [-0.2, -0.15) is 0 Å². The first-order valence-corrected chi connectivity index (χ1v) is 11.9. The number of nitrogens with zero attached hydrogens (tertiary/aromatic N) is 2. The summed E-state index contributed by atoms with van der Waals surface area (Å²) in [4.78, 5) is 31.9. The number of carbonyl (C=O) groups is 2. The first-order chi connectivity index (χ1) is 15.0. The Morgan fingerprint density at radius 2 is 1.97 bits per heavy atom. The SMILES string of the molecule is Cc1nc2cc(N3CC(C(=O)NC(C)c4ccc5c(c4)CCCC5)CC3=O)ccc2s1. The van der Waals surface area contributed by atoms with Crippen molar-refractivity contribution in [3.05, 3.63) is 58.1 Å². The number of amides is 2. The molecule has 0 saturated carbocycles. The van der Waals surface area contributed by atoms with Crippen LogP contribution >= 0.6 is 11.3 Å². The summed E-state index contributed by atoms with van der Waals surface area (Å²) in [5.41, 5.74) is 5.72. The van der Waals surface area contributed by atoms with E-state index in [1.165, 1.54) is 24.0 Å². The Morgan fingerprint density at radius 1 is 1.16 bits per heavy atom. The molecule has 160 valence electrons. The van der Waals surface area contributed by atoms with Crippen LogP contribution in [0, 0.1) is 12.8 Å². The normalized spacial score (nSPS) is 19.5. The average Bonchev–Trinajstić information content (AvgIpc) is 3.34. The van der Waals surface area contributed by atoms with E-state index in [-0.39, 0.29) is 30.2 Å². The molecule has 6 heteroatoms. The summed E-state index contributed by atoms with van der Waals surface area (Å²) in [6.45, 7) is 4.42. The van der Waals surface area contributed by atoms with Crippen molar-refractivity contribution in [1.29, 1.82) is 0 Å². The van der Waals surface area contributed by atoms with Crippen molar-refractivity contribution in [3.63, 3.8) is 0 Å². The Kier molecular flexibility index (Phi) is 5.26. The first kappa shape index (κ1) is 20.2. The van der Waals surface area contributed by atoms with Gasteiger partial charge in [-0.1, -0.05) is 18.2 Å². The maximum Gasteiger partial charge on any atom is 0.227 e. The van der Waals surface area contributed by atoms with Gasteiger partial charge in [0.2, 0.25) is 11.8 Å². The van der Waals surface area contributed by atoms with E-state index in [9.17, 15) is 9.59 Å². The van der Waals surface area contributed by atoms with Crippen LogP contribution in [0.4, 0.5) is 5.69 Å². The van der Waals surface area contributed by atoms with Gasteiger partial charge in [0.15, 0.2) is 0 Å². The molecule has 5 rings (SSSR count). The second kappa shape index (κ2) is 8.08. The van der Waals surface area contributed by atoms with Gasteiger partial charge in [0.05, 0.1) is 27.2 Å². The molecule has 2 atom stereocenters. The predicted octanol–water partition coefficient (Wildman–Crippen LogP) is 4.71. The molecule has 31 heavy (non-hydrogen) atoms. The van der Waals surface area contributed by atoms with Crippen molar-refractivity contribution in [2.24, 2.45) is 5.92 Å². The van der Waals surface area contributed by atoms with Gasteiger partial charge in [-0.05, 0) is 74.4 Å². The number of hydrogen-bond acceptors (Lipinski definition) is 4. The van der Waals surface area contributed by atoms with Gasteiger partial charge < -0.3 is 10.2 Å². The van der Waals surface area contributed by atoms with E-state index in [4.69, 9.17) is 0 Å². The zero-order valence-corrected chi connectivity index (χ0v) is 18.8. The highest BCUT2D eigenvalue weighted by atomic mass is 32.1. The van der Waals surface area contributed by atoms with Gasteiger partial charge in [-0.3, -0.25) is 9.59 Å². The lowest BCUT2D eigenvalue weighted by Gasteiger charge is -2.21. The second-order valence-electron chi connectivity index (χ2n) is 8.76. The van der Waals surface area contributed by atoms with Crippen LogP contribution in [-0.2, 0) is 22.4 Å². The fourth-order valence-electron chi connectivity index (χ4n) is 4.77. The minimum absolute atomic E-state index is 0.00659. The van der Waals surface area contributed by atoms with Crippen LogP contribution in [0.15, 0.2) is 36.4 Å². The smallest absolute Gasteiger partial charge is 0.227 e. The van der Waals surface area contributed by atoms with Gasteiger partial charge in [0.25, 0.3) is 0 Å². The van der Waals surface area contributed by atoms with E-state index in [1.807, 2.05) is 32.0 Å². The Hall–Kier alpha value is -2.73. The number of benzene rings is 2. The topological polar surface area (TPSA) is 62.3 Å². The first-order valence-electron chi connectivity index (χ1n) is 11.1. The number of nitrogens with one attached hydrogen (secondary N) is 1. The van der Waals surface area contributed by atoms with Crippen LogP contribution in [0.2, 0.25) is 0 Å². The van der Waals surface area contributed by atoms with Crippen LogP contribution in [-0.4, -0.2) is 23.3 Å². The molecule has 0 bridgehead atoms. The number of fused-ring (bicyclic) bond motifs is 2. The minimum atomic E-state index is -0.333. The molecule has 5 nitrogen and oxygen atoms in total. The molecule has 2 aliphatic rings. The van der Waals surface area contributed by atoms with Crippen LogP contribution < -0.4 is 10.2 Å². The Bertz CT molecular complexity index is 1170. The molecule has 1 fully saturated rings. The summed E-state index contributed by atoms with van der Waals surface area (Å²) in [7, 11) is 0. The molecule has 2 unspecified atom stereocenters. The number of rotatable bonds is 4. The zero-order chi connectivity index (χ0) is 21.5. The summed E-state index contributed by atoms with van der Waals surface area (Å²) in [6.07, 6.45) is 5.03. The van der Waals surface area contributed by atoms with Crippen LogP contribution in [0.3, 0.4) is 0 Å². The Balaban J connectivity index is 1.27. The maximum atomic E-state index is 13.0. The molecule has 2 amide bonds. The molecular formula is C25H27N3O2S. The quantitative estimate of drug-likeness (QED) is 0.648. The molecule has 1 aromatic heterocycles. The molecular weight excluding hydrogens is 406 g/mol. The van der Waals surface area contributed by atoms with Crippen molar-refractivity contribution >= 4 is 39.1 Å². The Labute approximate surface area is 186 Å². The summed E-state index contributed by atoms with van der Waals surface area (Å²) in [6, 6.07) is 12.4. The maximum absolute atomic E-state index is 13.0. The zero-order valence-electron chi connectivity index (χ0n) is 18.0. The van der Waals surface area contributed by atoms with Crippen molar-refractivity contribution in [3.8, 4) is 0 Å². The van der Waals surface area contributed by atoms with E-state index in [2.05, 4.69) is 28.5 Å². The van der Waals surface area contributed by atoms with Crippen molar-refractivity contribution in [1.82, 2.24) is 10.3 Å². The van der Waals surface area contributed by atoms with Crippen molar-refractivity contribution < 1.29 is 9.59 Å². The molecule has 0 radical (unpaired) electrons. The number of aromatic nitrogens is 1. The molecule has 1 saturated heterocycles. The van der Waals surface area contributed by atoms with Crippen molar-refractivity contribution in [2.45, 2.75) is 52.0 Å². The molecule has 1 aliphatic heterocycles. The monoisotopic (exact) mass is 433 g/mol. The Morgan fingerprint density at radius 3 is 2.81 bits per heavy atom. The molecule has 0 spiro atoms. The lowest BCUT2D eigenvalue weighted by atomic mass is 9.89. The van der Waals surface area contributed by atoms with Gasteiger partial charge >= 0.3 is 0 Å². The summed E-state index contributed by atoms with van der Waals surface area (Å²) in [5.74, 6) is -0.389. The highest BCUT2D eigenvalue weighted by Gasteiger charge is 2.35. The lowest BCUT2D eigenvalue weighted by molar-refractivity contribution is -0.126. The minimum Gasteiger partial charge on any atom is -0.349 e. The number of hydrogen-bond donors (Lipinski definition) is 1. The van der Waals surface area contributed by atoms with E-state index in [1.54, 1.807) is 16.2 Å². The molecule has 2 aromatic carbocycles. The predicted molar refractivity (Wildman–Crippen MR) is 124 cm³/mol. The number of thiazole rings is 1. The van der Waals surface area contributed by atoms with Gasteiger partial charge in [-0.15, -0.1) is 11.3 Å². The molecule has 2 heterocycles. The van der Waals surface area contributed by atoms with E-state index >= 15 is 0 Å². The number of anilines is 1. The average molecular weight is 434 g/mol. The van der Waals surface area contributed by atoms with Gasteiger partial charge in [0, 0.05) is 18.7 Å². The van der Waals surface area contributed by atoms with E-state index in [0.717, 1.165) is 39.3 Å². The van der Waals surface area contributed by atoms with Gasteiger partial charge in [0.1, 0.15) is 0 Å².